The maximum absolute atomic E-state index is 11.6. The Morgan fingerprint density at radius 3 is 2.45 bits per heavy atom. The summed E-state index contributed by atoms with van der Waals surface area (Å²) >= 11 is 0. The van der Waals surface area contributed by atoms with Gasteiger partial charge in [0.1, 0.15) is 0 Å². The SMILES string of the molecule is CC(=O)C1CCc2ccc(B3OC(C)(C)C(C)(C)O3)cc2N1. The van der Waals surface area contributed by atoms with Crippen LogP contribution in [0.2, 0.25) is 0 Å². The minimum absolute atomic E-state index is 0.0824. The maximum atomic E-state index is 11.6. The van der Waals surface area contributed by atoms with Crippen LogP contribution in [0, 0.1) is 0 Å². The first-order chi connectivity index (χ1) is 10.2. The minimum atomic E-state index is -0.366. The summed E-state index contributed by atoms with van der Waals surface area (Å²) in [4.78, 5) is 11.6. The average Bonchev–Trinajstić information content (AvgIpc) is 2.66. The zero-order valence-corrected chi connectivity index (χ0v) is 14.0. The number of rotatable bonds is 2. The molecule has 1 unspecified atom stereocenters. The number of carbonyl (C=O) groups excluding carboxylic acids is 1. The van der Waals surface area contributed by atoms with Gasteiger partial charge in [-0.25, -0.2) is 0 Å². The molecule has 0 saturated carbocycles. The summed E-state index contributed by atoms with van der Waals surface area (Å²) in [7, 11) is -0.366. The van der Waals surface area contributed by atoms with E-state index in [1.807, 2.05) is 0 Å². The van der Waals surface area contributed by atoms with Gasteiger partial charge in [-0.15, -0.1) is 0 Å². The molecule has 2 heterocycles. The van der Waals surface area contributed by atoms with Gasteiger partial charge < -0.3 is 14.6 Å². The summed E-state index contributed by atoms with van der Waals surface area (Å²) in [5.74, 6) is 0.187. The van der Waals surface area contributed by atoms with Gasteiger partial charge in [0.05, 0.1) is 17.2 Å². The lowest BCUT2D eigenvalue weighted by Gasteiger charge is -2.32. The fourth-order valence-electron chi connectivity index (χ4n) is 2.94. The van der Waals surface area contributed by atoms with E-state index in [0.717, 1.165) is 24.0 Å². The van der Waals surface area contributed by atoms with Crippen molar-refractivity contribution < 1.29 is 14.1 Å². The molecule has 118 valence electrons. The van der Waals surface area contributed by atoms with Crippen molar-refractivity contribution in [1.29, 1.82) is 0 Å². The highest BCUT2D eigenvalue weighted by Gasteiger charge is 2.51. The molecular formula is C17H24BNO3. The Morgan fingerprint density at radius 2 is 1.86 bits per heavy atom. The molecule has 22 heavy (non-hydrogen) atoms. The highest BCUT2D eigenvalue weighted by atomic mass is 16.7. The normalized spacial score (nSPS) is 25.5. The van der Waals surface area contributed by atoms with Gasteiger partial charge in [-0.3, -0.25) is 4.79 Å². The van der Waals surface area contributed by atoms with Gasteiger partial charge in [0.25, 0.3) is 0 Å². The largest absolute Gasteiger partial charge is 0.494 e. The number of hydrogen-bond donors (Lipinski definition) is 1. The number of Topliss-reactive ketones (excluding diaryl/α,β-unsaturated/α-hetero) is 1. The standard InChI is InChI=1S/C17H24BNO3/c1-11(20)14-9-7-12-6-8-13(10-15(12)19-14)18-21-16(2,3)17(4,5)22-18/h6,8,10,14,19H,7,9H2,1-5H3. The monoisotopic (exact) mass is 301 g/mol. The Kier molecular flexibility index (Phi) is 3.61. The fraction of sp³-hybridized carbons (Fsp3) is 0.588. The number of fused-ring (bicyclic) bond motifs is 1. The summed E-state index contributed by atoms with van der Waals surface area (Å²) in [5, 5.41) is 3.34. The van der Waals surface area contributed by atoms with Gasteiger partial charge in [-0.1, -0.05) is 12.1 Å². The van der Waals surface area contributed by atoms with Crippen LogP contribution in [0.5, 0.6) is 0 Å². The summed E-state index contributed by atoms with van der Waals surface area (Å²) < 4.78 is 12.2. The number of aryl methyl sites for hydroxylation is 1. The predicted octanol–water partition coefficient (Wildman–Crippen LogP) is 2.30. The van der Waals surface area contributed by atoms with Gasteiger partial charge in [0.15, 0.2) is 5.78 Å². The van der Waals surface area contributed by atoms with Crippen LogP contribution >= 0.6 is 0 Å². The number of hydrogen-bond acceptors (Lipinski definition) is 4. The second kappa shape index (κ2) is 5.10. The molecule has 0 radical (unpaired) electrons. The molecular weight excluding hydrogens is 277 g/mol. The van der Waals surface area contributed by atoms with Crippen LogP contribution in [-0.4, -0.2) is 30.1 Å². The third-order valence-electron chi connectivity index (χ3n) is 5.18. The van der Waals surface area contributed by atoms with Gasteiger partial charge in [-0.05, 0) is 64.6 Å². The molecule has 1 aromatic rings. The van der Waals surface area contributed by atoms with Crippen LogP contribution in [-0.2, 0) is 20.5 Å². The summed E-state index contributed by atoms with van der Waals surface area (Å²) in [6.45, 7) is 9.84. The molecule has 0 aliphatic carbocycles. The van der Waals surface area contributed by atoms with Gasteiger partial charge >= 0.3 is 7.12 Å². The lowest BCUT2D eigenvalue weighted by Crippen LogP contribution is -2.41. The molecule has 1 fully saturated rings. The van der Waals surface area contributed by atoms with Crippen molar-refractivity contribution in [3.8, 4) is 0 Å². The van der Waals surface area contributed by atoms with E-state index < -0.39 is 0 Å². The van der Waals surface area contributed by atoms with Crippen LogP contribution in [0.25, 0.3) is 0 Å². The molecule has 1 saturated heterocycles. The molecule has 0 bridgehead atoms. The lowest BCUT2D eigenvalue weighted by molar-refractivity contribution is -0.117. The van der Waals surface area contributed by atoms with E-state index >= 15 is 0 Å². The second-order valence-corrected chi connectivity index (χ2v) is 7.35. The first-order valence-corrected chi connectivity index (χ1v) is 7.95. The van der Waals surface area contributed by atoms with Crippen molar-refractivity contribution in [1.82, 2.24) is 0 Å². The Labute approximate surface area is 132 Å². The molecule has 4 nitrogen and oxygen atoms in total. The summed E-state index contributed by atoms with van der Waals surface area (Å²) in [6, 6.07) is 6.16. The van der Waals surface area contributed by atoms with Gasteiger partial charge in [0, 0.05) is 5.69 Å². The van der Waals surface area contributed by atoms with Crippen molar-refractivity contribution in [2.45, 2.75) is 64.7 Å². The quantitative estimate of drug-likeness (QED) is 0.852. The first-order valence-electron chi connectivity index (χ1n) is 7.95. The van der Waals surface area contributed by atoms with E-state index in [0.29, 0.717) is 0 Å². The van der Waals surface area contributed by atoms with Crippen LogP contribution in [0.1, 0.15) is 46.6 Å². The molecule has 0 amide bonds. The molecule has 1 aromatic carbocycles. The van der Waals surface area contributed by atoms with Gasteiger partial charge in [0.2, 0.25) is 0 Å². The third-order valence-corrected chi connectivity index (χ3v) is 5.18. The number of carbonyl (C=O) groups is 1. The molecule has 2 aliphatic rings. The number of anilines is 1. The Hall–Kier alpha value is -1.33. The predicted molar refractivity (Wildman–Crippen MR) is 88.6 cm³/mol. The van der Waals surface area contributed by atoms with E-state index in [1.54, 1.807) is 6.92 Å². The van der Waals surface area contributed by atoms with Crippen molar-refractivity contribution >= 4 is 24.1 Å². The highest BCUT2D eigenvalue weighted by Crippen LogP contribution is 2.37. The molecule has 5 heteroatoms. The van der Waals surface area contributed by atoms with Gasteiger partial charge in [-0.2, -0.15) is 0 Å². The smallest absolute Gasteiger partial charge is 0.399 e. The number of ketones is 1. The highest BCUT2D eigenvalue weighted by molar-refractivity contribution is 6.62. The van der Waals surface area contributed by atoms with Crippen LogP contribution in [0.3, 0.4) is 0 Å². The molecule has 2 aliphatic heterocycles. The Bertz CT molecular complexity index is 596. The second-order valence-electron chi connectivity index (χ2n) is 7.35. The van der Waals surface area contributed by atoms with Crippen LogP contribution in [0.4, 0.5) is 5.69 Å². The molecule has 1 atom stereocenters. The van der Waals surface area contributed by atoms with E-state index in [9.17, 15) is 4.79 Å². The van der Waals surface area contributed by atoms with Crippen molar-refractivity contribution in [2.75, 3.05) is 5.32 Å². The molecule has 0 spiro atoms. The van der Waals surface area contributed by atoms with Crippen molar-refractivity contribution in [3.05, 3.63) is 23.8 Å². The first kappa shape index (κ1) is 15.6. The van der Waals surface area contributed by atoms with Crippen molar-refractivity contribution in [2.24, 2.45) is 0 Å². The minimum Gasteiger partial charge on any atom is -0.399 e. The summed E-state index contributed by atoms with van der Waals surface area (Å²) in [6.07, 6.45) is 1.79. The van der Waals surface area contributed by atoms with Crippen LogP contribution < -0.4 is 10.8 Å². The Balaban J connectivity index is 1.86. The zero-order chi connectivity index (χ0) is 16.1. The van der Waals surface area contributed by atoms with E-state index in [-0.39, 0.29) is 30.1 Å². The van der Waals surface area contributed by atoms with E-state index in [1.165, 1.54) is 5.56 Å². The lowest BCUT2D eigenvalue weighted by atomic mass is 9.77. The fourth-order valence-corrected chi connectivity index (χ4v) is 2.94. The average molecular weight is 301 g/mol. The summed E-state index contributed by atoms with van der Waals surface area (Å²) in [5.41, 5.74) is 2.58. The van der Waals surface area contributed by atoms with Crippen molar-refractivity contribution in [3.63, 3.8) is 0 Å². The maximum Gasteiger partial charge on any atom is 0.494 e. The number of benzene rings is 1. The molecule has 0 aromatic heterocycles. The topological polar surface area (TPSA) is 47.6 Å². The Morgan fingerprint density at radius 1 is 1.23 bits per heavy atom. The van der Waals surface area contributed by atoms with E-state index in [2.05, 4.69) is 51.2 Å². The molecule has 1 N–H and O–H groups in total. The number of nitrogens with one attached hydrogen (secondary N) is 1. The van der Waals surface area contributed by atoms with Crippen LogP contribution in [0.15, 0.2) is 18.2 Å². The zero-order valence-electron chi connectivity index (χ0n) is 14.0. The van der Waals surface area contributed by atoms with E-state index in [4.69, 9.17) is 9.31 Å². The molecule has 3 rings (SSSR count). The third kappa shape index (κ3) is 2.57.